The quantitative estimate of drug-likeness (QED) is 0.833. The van der Waals surface area contributed by atoms with Crippen molar-refractivity contribution in [2.45, 2.75) is 32.7 Å². The number of hydrogen-bond acceptors (Lipinski definition) is 5. The molecule has 21 heavy (non-hydrogen) atoms. The van der Waals surface area contributed by atoms with E-state index in [4.69, 9.17) is 5.73 Å². The van der Waals surface area contributed by atoms with Crippen LogP contribution in [0.25, 0.3) is 10.2 Å². The predicted molar refractivity (Wildman–Crippen MR) is 89.7 cm³/mol. The highest BCUT2D eigenvalue weighted by molar-refractivity contribution is 7.22. The Hall–Kier alpha value is -1.66. The summed E-state index contributed by atoms with van der Waals surface area (Å²) in [5.74, 6) is -0.0500. The number of nitrogens with one attached hydrogen (secondary N) is 1. The van der Waals surface area contributed by atoms with E-state index in [-0.39, 0.29) is 11.4 Å². The smallest absolute Gasteiger partial charge is 0.240 e. The number of nitrogens with zero attached hydrogens (tertiary/aromatic N) is 2. The van der Waals surface area contributed by atoms with Crippen molar-refractivity contribution in [2.24, 2.45) is 0 Å². The molecule has 5 nitrogen and oxygen atoms in total. The highest BCUT2D eigenvalue weighted by Gasteiger charge is 2.23. The molecule has 6 heteroatoms. The Labute approximate surface area is 129 Å². The van der Waals surface area contributed by atoms with Crippen molar-refractivity contribution in [2.75, 3.05) is 24.6 Å². The van der Waals surface area contributed by atoms with Crippen molar-refractivity contribution in [3.63, 3.8) is 0 Å². The molecule has 2 rings (SSSR count). The van der Waals surface area contributed by atoms with Crippen LogP contribution in [0.2, 0.25) is 0 Å². The highest BCUT2D eigenvalue weighted by atomic mass is 32.1. The number of anilines is 2. The lowest BCUT2D eigenvalue weighted by Gasteiger charge is -2.34. The molecule has 0 radical (unpaired) electrons. The van der Waals surface area contributed by atoms with Crippen LogP contribution < -0.4 is 11.1 Å². The van der Waals surface area contributed by atoms with Gasteiger partial charge in [-0.25, -0.2) is 4.98 Å². The molecule has 0 aliphatic rings. The molecule has 2 aromatic rings. The predicted octanol–water partition coefficient (Wildman–Crippen LogP) is 2.94. The van der Waals surface area contributed by atoms with E-state index in [1.807, 2.05) is 30.1 Å². The van der Waals surface area contributed by atoms with E-state index in [1.54, 1.807) is 0 Å². The second-order valence-electron chi connectivity index (χ2n) is 5.82. The molecule has 1 aromatic heterocycles. The third-order valence-electron chi connectivity index (χ3n) is 3.94. The summed E-state index contributed by atoms with van der Waals surface area (Å²) >= 11 is 1.44. The van der Waals surface area contributed by atoms with Crippen LogP contribution in [-0.2, 0) is 4.79 Å². The molecule has 0 saturated carbocycles. The van der Waals surface area contributed by atoms with Crippen molar-refractivity contribution in [3.05, 3.63) is 18.2 Å². The standard InChI is InChI=1S/C15H22N4OS/c1-5-15(2,3)19(4)9-13(20)18-14-17-11-7-6-10(16)8-12(11)21-14/h6-8H,5,9,16H2,1-4H3,(H,17,18,20). The van der Waals surface area contributed by atoms with E-state index < -0.39 is 0 Å². The van der Waals surface area contributed by atoms with Crippen LogP contribution >= 0.6 is 11.3 Å². The SMILES string of the molecule is CCC(C)(C)N(C)CC(=O)Nc1nc2ccc(N)cc2s1. The summed E-state index contributed by atoms with van der Waals surface area (Å²) in [5.41, 5.74) is 7.30. The number of thiazole rings is 1. The monoisotopic (exact) mass is 306 g/mol. The number of carbonyl (C=O) groups is 1. The van der Waals surface area contributed by atoms with E-state index >= 15 is 0 Å². The Morgan fingerprint density at radius 2 is 2.19 bits per heavy atom. The maximum atomic E-state index is 12.1. The van der Waals surface area contributed by atoms with Gasteiger partial charge < -0.3 is 11.1 Å². The largest absolute Gasteiger partial charge is 0.399 e. The molecule has 3 N–H and O–H groups in total. The van der Waals surface area contributed by atoms with Crippen molar-refractivity contribution in [3.8, 4) is 0 Å². The molecule has 0 saturated heterocycles. The van der Waals surface area contributed by atoms with Crippen LogP contribution in [0.1, 0.15) is 27.2 Å². The number of fused-ring (bicyclic) bond motifs is 1. The van der Waals surface area contributed by atoms with Crippen molar-refractivity contribution >= 4 is 38.3 Å². The van der Waals surface area contributed by atoms with E-state index in [9.17, 15) is 4.79 Å². The summed E-state index contributed by atoms with van der Waals surface area (Å²) in [6.45, 7) is 6.72. The Morgan fingerprint density at radius 1 is 1.48 bits per heavy atom. The van der Waals surface area contributed by atoms with Gasteiger partial charge in [-0.3, -0.25) is 9.69 Å². The molecule has 1 amide bonds. The van der Waals surface area contributed by atoms with E-state index in [0.29, 0.717) is 17.4 Å². The molecule has 0 unspecified atom stereocenters. The van der Waals surface area contributed by atoms with E-state index in [0.717, 1.165) is 16.6 Å². The van der Waals surface area contributed by atoms with Crippen LogP contribution in [0.15, 0.2) is 18.2 Å². The number of carbonyl (C=O) groups excluding carboxylic acids is 1. The molecule has 0 atom stereocenters. The van der Waals surface area contributed by atoms with Crippen molar-refractivity contribution in [1.29, 1.82) is 0 Å². The summed E-state index contributed by atoms with van der Waals surface area (Å²) in [6.07, 6.45) is 0.983. The Kier molecular flexibility index (Phi) is 4.49. The fraction of sp³-hybridized carbons (Fsp3) is 0.467. The fourth-order valence-corrected chi connectivity index (χ4v) is 2.78. The second-order valence-corrected chi connectivity index (χ2v) is 6.85. The average molecular weight is 306 g/mol. The molecule has 0 aliphatic heterocycles. The highest BCUT2D eigenvalue weighted by Crippen LogP contribution is 2.27. The zero-order chi connectivity index (χ0) is 15.6. The van der Waals surface area contributed by atoms with Crippen LogP contribution in [-0.4, -0.2) is 34.9 Å². The molecule has 114 valence electrons. The number of aromatic nitrogens is 1. The van der Waals surface area contributed by atoms with Crippen LogP contribution in [0.5, 0.6) is 0 Å². The average Bonchev–Trinajstić information content (AvgIpc) is 2.79. The Morgan fingerprint density at radius 3 is 2.86 bits per heavy atom. The summed E-state index contributed by atoms with van der Waals surface area (Å²) < 4.78 is 0.979. The van der Waals surface area contributed by atoms with Crippen LogP contribution in [0.4, 0.5) is 10.8 Å². The fourth-order valence-electron chi connectivity index (χ4n) is 1.85. The first kappa shape index (κ1) is 15.7. The lowest BCUT2D eigenvalue weighted by Crippen LogP contribution is -2.44. The maximum Gasteiger partial charge on any atom is 0.240 e. The third-order valence-corrected chi connectivity index (χ3v) is 4.87. The van der Waals surface area contributed by atoms with E-state index in [2.05, 4.69) is 31.1 Å². The number of amides is 1. The Balaban J connectivity index is 2.04. The molecule has 1 heterocycles. The third kappa shape index (κ3) is 3.71. The van der Waals surface area contributed by atoms with Gasteiger partial charge in [0.15, 0.2) is 5.13 Å². The van der Waals surface area contributed by atoms with Crippen molar-refractivity contribution in [1.82, 2.24) is 9.88 Å². The number of hydrogen-bond donors (Lipinski definition) is 2. The molecular formula is C15H22N4OS. The van der Waals surface area contributed by atoms with Gasteiger partial charge in [0.25, 0.3) is 0 Å². The molecule has 0 aliphatic carbocycles. The Bertz CT molecular complexity index is 650. The summed E-state index contributed by atoms with van der Waals surface area (Å²) in [4.78, 5) is 18.6. The summed E-state index contributed by atoms with van der Waals surface area (Å²) in [5, 5.41) is 3.48. The first-order valence-corrected chi connectivity index (χ1v) is 7.80. The van der Waals surface area contributed by atoms with Crippen molar-refractivity contribution < 1.29 is 4.79 Å². The van der Waals surface area contributed by atoms with Gasteiger partial charge in [0.05, 0.1) is 16.8 Å². The summed E-state index contributed by atoms with van der Waals surface area (Å²) in [6, 6.07) is 5.54. The van der Waals surface area contributed by atoms with Gasteiger partial charge in [0, 0.05) is 11.2 Å². The summed E-state index contributed by atoms with van der Waals surface area (Å²) in [7, 11) is 1.96. The molecule has 0 spiro atoms. The second kappa shape index (κ2) is 5.99. The first-order valence-electron chi connectivity index (χ1n) is 6.99. The van der Waals surface area contributed by atoms with Gasteiger partial charge in [0.1, 0.15) is 0 Å². The van der Waals surface area contributed by atoms with Gasteiger partial charge in [-0.05, 0) is 45.5 Å². The zero-order valence-corrected chi connectivity index (χ0v) is 13.8. The topological polar surface area (TPSA) is 71.2 Å². The van der Waals surface area contributed by atoms with Crippen LogP contribution in [0.3, 0.4) is 0 Å². The number of nitrogen functional groups attached to an aromatic ring is 1. The number of rotatable bonds is 5. The van der Waals surface area contributed by atoms with Gasteiger partial charge in [0.2, 0.25) is 5.91 Å². The number of benzene rings is 1. The zero-order valence-electron chi connectivity index (χ0n) is 12.9. The van der Waals surface area contributed by atoms with Gasteiger partial charge in [-0.1, -0.05) is 18.3 Å². The normalized spacial score (nSPS) is 12.0. The molecule has 0 fully saturated rings. The lowest BCUT2D eigenvalue weighted by molar-refractivity contribution is -0.118. The minimum Gasteiger partial charge on any atom is -0.399 e. The minimum atomic E-state index is -0.0500. The first-order chi connectivity index (χ1) is 9.81. The van der Waals surface area contributed by atoms with Crippen LogP contribution in [0, 0.1) is 0 Å². The van der Waals surface area contributed by atoms with Gasteiger partial charge >= 0.3 is 0 Å². The molecular weight excluding hydrogens is 284 g/mol. The van der Waals surface area contributed by atoms with E-state index in [1.165, 1.54) is 11.3 Å². The molecule has 1 aromatic carbocycles. The van der Waals surface area contributed by atoms with Gasteiger partial charge in [-0.2, -0.15) is 0 Å². The lowest BCUT2D eigenvalue weighted by atomic mass is 10.0. The minimum absolute atomic E-state index is 0.000613. The molecule has 0 bridgehead atoms. The number of likely N-dealkylation sites (N-methyl/N-ethyl adjacent to an activating group) is 1. The van der Waals surface area contributed by atoms with Gasteiger partial charge in [-0.15, -0.1) is 0 Å². The maximum absolute atomic E-state index is 12.1. The number of nitrogens with two attached hydrogens (primary N) is 1.